The lowest BCUT2D eigenvalue weighted by Crippen LogP contribution is -2.49. The van der Waals surface area contributed by atoms with Crippen LogP contribution in [0.1, 0.15) is 24.8 Å². The molecule has 2 heterocycles. The predicted molar refractivity (Wildman–Crippen MR) is 93.1 cm³/mol. The maximum atomic E-state index is 13.6. The molecule has 1 amide bonds. The number of Topliss-reactive ketones (excluding diaryl/α,β-unsaturated/α-hetero) is 1. The second kappa shape index (κ2) is 5.50. The lowest BCUT2D eigenvalue weighted by molar-refractivity contribution is -0.124. The zero-order valence-electron chi connectivity index (χ0n) is 13.9. The lowest BCUT2D eigenvalue weighted by atomic mass is 9.65. The van der Waals surface area contributed by atoms with Gasteiger partial charge >= 0.3 is 0 Å². The molecule has 2 N–H and O–H groups in total. The normalized spacial score (nSPS) is 24.2. The van der Waals surface area contributed by atoms with Crippen LogP contribution in [-0.2, 0) is 19.7 Å². The highest BCUT2D eigenvalue weighted by Crippen LogP contribution is 2.55. The van der Waals surface area contributed by atoms with Gasteiger partial charge in [0.1, 0.15) is 22.8 Å². The molecule has 0 saturated heterocycles. The Morgan fingerprint density at radius 1 is 1.31 bits per heavy atom. The number of ether oxygens (including phenoxy) is 1. The van der Waals surface area contributed by atoms with Gasteiger partial charge in [0.2, 0.25) is 11.8 Å². The Bertz CT molecular complexity index is 1010. The molecule has 2 aliphatic heterocycles. The fourth-order valence-corrected chi connectivity index (χ4v) is 4.15. The van der Waals surface area contributed by atoms with E-state index >= 15 is 0 Å². The monoisotopic (exact) mass is 345 g/mol. The number of terminal acetylenes is 1. The summed E-state index contributed by atoms with van der Waals surface area (Å²) in [6.07, 6.45) is 6.86. The highest BCUT2D eigenvalue weighted by molar-refractivity contribution is 6.20. The van der Waals surface area contributed by atoms with E-state index in [1.807, 2.05) is 6.07 Å². The summed E-state index contributed by atoms with van der Waals surface area (Å²) in [5.74, 6) is 2.09. The summed E-state index contributed by atoms with van der Waals surface area (Å²) in [6, 6.07) is 9.07. The number of anilines is 1. The van der Waals surface area contributed by atoms with Crippen LogP contribution in [0.5, 0.6) is 0 Å². The van der Waals surface area contributed by atoms with E-state index in [0.29, 0.717) is 36.3 Å². The van der Waals surface area contributed by atoms with Crippen molar-refractivity contribution in [3.05, 3.63) is 52.6 Å². The Morgan fingerprint density at radius 3 is 2.81 bits per heavy atom. The lowest BCUT2D eigenvalue weighted by Gasteiger charge is -2.37. The van der Waals surface area contributed by atoms with Crippen molar-refractivity contribution in [1.29, 1.82) is 5.26 Å². The number of nitriles is 1. The van der Waals surface area contributed by atoms with Crippen molar-refractivity contribution in [3.63, 3.8) is 0 Å². The van der Waals surface area contributed by atoms with Crippen LogP contribution in [0.15, 0.2) is 47.1 Å². The number of benzene rings is 1. The molecule has 0 saturated carbocycles. The van der Waals surface area contributed by atoms with E-state index < -0.39 is 11.3 Å². The number of rotatable bonds is 1. The Hall–Kier alpha value is -3.51. The molecule has 0 aromatic heterocycles. The second-order valence-electron chi connectivity index (χ2n) is 6.39. The minimum atomic E-state index is -1.57. The standard InChI is InChI=1S/C20H15N3O3/c1-2-10-23-14-7-4-3-6-12(14)20(19(23)25)13(11-21)18(22)26-16-9-5-8-15(24)17(16)20/h1,3-4,6-7H,5,8-10,22H2. The van der Waals surface area contributed by atoms with Crippen molar-refractivity contribution >= 4 is 17.4 Å². The number of hydrogen-bond acceptors (Lipinski definition) is 5. The highest BCUT2D eigenvalue weighted by Gasteiger charge is 2.61. The fourth-order valence-electron chi connectivity index (χ4n) is 4.15. The van der Waals surface area contributed by atoms with E-state index in [0.717, 1.165) is 0 Å². The van der Waals surface area contributed by atoms with Gasteiger partial charge in [-0.25, -0.2) is 0 Å². The number of para-hydroxylation sites is 1. The van der Waals surface area contributed by atoms with E-state index in [1.165, 1.54) is 4.90 Å². The Balaban J connectivity index is 2.12. The molecule has 0 radical (unpaired) electrons. The van der Waals surface area contributed by atoms with Crippen LogP contribution >= 0.6 is 0 Å². The van der Waals surface area contributed by atoms with Crippen molar-refractivity contribution in [1.82, 2.24) is 0 Å². The smallest absolute Gasteiger partial charge is 0.248 e. The summed E-state index contributed by atoms with van der Waals surface area (Å²) < 4.78 is 5.59. The van der Waals surface area contributed by atoms with Gasteiger partial charge in [-0.05, 0) is 12.5 Å². The molecule has 1 unspecified atom stereocenters. The van der Waals surface area contributed by atoms with Gasteiger partial charge in [-0.2, -0.15) is 5.26 Å². The van der Waals surface area contributed by atoms with Crippen molar-refractivity contribution in [2.75, 3.05) is 11.4 Å². The number of ketones is 1. The molecule has 26 heavy (non-hydrogen) atoms. The van der Waals surface area contributed by atoms with Crippen molar-refractivity contribution < 1.29 is 14.3 Å². The molecular formula is C20H15N3O3. The van der Waals surface area contributed by atoms with Crippen molar-refractivity contribution in [3.8, 4) is 18.4 Å². The molecule has 1 aliphatic carbocycles. The number of carbonyl (C=O) groups excluding carboxylic acids is 2. The summed E-state index contributed by atoms with van der Waals surface area (Å²) in [7, 11) is 0. The molecular weight excluding hydrogens is 330 g/mol. The number of nitrogens with two attached hydrogens (primary N) is 1. The van der Waals surface area contributed by atoms with Crippen LogP contribution in [0.2, 0.25) is 0 Å². The summed E-state index contributed by atoms with van der Waals surface area (Å²) >= 11 is 0. The van der Waals surface area contributed by atoms with Gasteiger partial charge in [0.15, 0.2) is 5.78 Å². The fraction of sp³-hybridized carbons (Fsp3) is 0.250. The topological polar surface area (TPSA) is 96.4 Å². The largest absolute Gasteiger partial charge is 0.444 e. The summed E-state index contributed by atoms with van der Waals surface area (Å²) in [6.45, 7) is 0.0356. The molecule has 1 spiro atoms. The number of allylic oxidation sites excluding steroid dienone is 1. The SMILES string of the molecule is C#CCN1C(=O)C2(C(C#N)=C(N)OC3=C2C(=O)CCC3)c2ccccc21. The Labute approximate surface area is 150 Å². The summed E-state index contributed by atoms with van der Waals surface area (Å²) in [4.78, 5) is 27.9. The minimum Gasteiger partial charge on any atom is -0.444 e. The maximum Gasteiger partial charge on any atom is 0.248 e. The van der Waals surface area contributed by atoms with Gasteiger partial charge in [-0.3, -0.25) is 14.5 Å². The molecule has 0 bridgehead atoms. The van der Waals surface area contributed by atoms with Gasteiger partial charge < -0.3 is 10.5 Å². The van der Waals surface area contributed by atoms with Crippen LogP contribution in [0.4, 0.5) is 5.69 Å². The van der Waals surface area contributed by atoms with Crippen LogP contribution in [0.25, 0.3) is 0 Å². The molecule has 6 heteroatoms. The number of amides is 1. The first kappa shape index (κ1) is 16.0. The van der Waals surface area contributed by atoms with Gasteiger partial charge in [0, 0.05) is 24.1 Å². The van der Waals surface area contributed by atoms with Gasteiger partial charge in [-0.15, -0.1) is 6.42 Å². The van der Waals surface area contributed by atoms with E-state index in [1.54, 1.807) is 24.3 Å². The minimum absolute atomic E-state index is 0.0356. The summed E-state index contributed by atoms with van der Waals surface area (Å²) in [5, 5.41) is 9.81. The average molecular weight is 345 g/mol. The third kappa shape index (κ3) is 1.76. The quantitative estimate of drug-likeness (QED) is 0.781. The molecule has 1 aromatic carbocycles. The summed E-state index contributed by atoms with van der Waals surface area (Å²) in [5.41, 5.74) is 5.75. The molecule has 6 nitrogen and oxygen atoms in total. The van der Waals surface area contributed by atoms with E-state index in [-0.39, 0.29) is 29.4 Å². The second-order valence-corrected chi connectivity index (χ2v) is 6.39. The molecule has 128 valence electrons. The maximum absolute atomic E-state index is 13.6. The van der Waals surface area contributed by atoms with Crippen LogP contribution < -0.4 is 10.6 Å². The van der Waals surface area contributed by atoms with Crippen molar-refractivity contribution in [2.24, 2.45) is 5.73 Å². The molecule has 1 atom stereocenters. The van der Waals surface area contributed by atoms with Crippen LogP contribution in [-0.4, -0.2) is 18.2 Å². The zero-order valence-corrected chi connectivity index (χ0v) is 13.9. The molecule has 1 aromatic rings. The van der Waals surface area contributed by atoms with Crippen LogP contribution in [0, 0.1) is 23.7 Å². The van der Waals surface area contributed by atoms with Gasteiger partial charge in [0.05, 0.1) is 12.1 Å². The molecule has 4 rings (SSSR count). The van der Waals surface area contributed by atoms with Gasteiger partial charge in [0.25, 0.3) is 0 Å². The third-order valence-corrected chi connectivity index (χ3v) is 5.12. The highest BCUT2D eigenvalue weighted by atomic mass is 16.5. The number of nitrogens with zero attached hydrogens (tertiary/aromatic N) is 2. The molecule has 0 fully saturated rings. The van der Waals surface area contributed by atoms with E-state index in [4.69, 9.17) is 16.9 Å². The zero-order chi connectivity index (χ0) is 18.5. The first-order chi connectivity index (χ1) is 12.6. The van der Waals surface area contributed by atoms with Crippen LogP contribution in [0.3, 0.4) is 0 Å². The van der Waals surface area contributed by atoms with E-state index in [2.05, 4.69) is 5.92 Å². The van der Waals surface area contributed by atoms with Crippen molar-refractivity contribution in [2.45, 2.75) is 24.7 Å². The van der Waals surface area contributed by atoms with E-state index in [9.17, 15) is 14.9 Å². The Kier molecular flexibility index (Phi) is 3.38. The predicted octanol–water partition coefficient (Wildman–Crippen LogP) is 1.64. The number of fused-ring (bicyclic) bond motifs is 3. The van der Waals surface area contributed by atoms with Gasteiger partial charge in [-0.1, -0.05) is 24.1 Å². The first-order valence-electron chi connectivity index (χ1n) is 8.27. The average Bonchev–Trinajstić information content (AvgIpc) is 2.86. The number of carbonyl (C=O) groups is 2. The Morgan fingerprint density at radius 2 is 2.08 bits per heavy atom. The number of hydrogen-bond donors (Lipinski definition) is 1. The first-order valence-corrected chi connectivity index (χ1v) is 8.27. The third-order valence-electron chi connectivity index (χ3n) is 5.12. The molecule has 3 aliphatic rings.